The van der Waals surface area contributed by atoms with Gasteiger partial charge in [0.05, 0.1) is 18.4 Å². The van der Waals surface area contributed by atoms with Crippen molar-refractivity contribution in [2.45, 2.75) is 73.1 Å². The molecule has 4 aromatic heterocycles. The third-order valence-corrected chi connectivity index (χ3v) is 14.2. The Morgan fingerprint density at radius 2 is 1.07 bits per heavy atom. The van der Waals surface area contributed by atoms with Gasteiger partial charge in [-0.1, -0.05) is 12.2 Å². The maximum absolute atomic E-state index is 12.1. The van der Waals surface area contributed by atoms with Crippen molar-refractivity contribution in [1.82, 2.24) is 9.80 Å². The van der Waals surface area contributed by atoms with E-state index in [0.717, 1.165) is 71.2 Å². The van der Waals surface area contributed by atoms with Crippen LogP contribution < -0.4 is 18.9 Å². The smallest absolute Gasteiger partial charge is 0.870 e. The average molecular weight is 821 g/mol. The number of carboxylic acids is 1. The summed E-state index contributed by atoms with van der Waals surface area (Å²) in [4.78, 5) is 33.5. The number of carbonyl (C=O) groups excluding carboxylic acids is 1. The van der Waals surface area contributed by atoms with Crippen molar-refractivity contribution >= 4 is 68.4 Å². The van der Waals surface area contributed by atoms with Gasteiger partial charge in [0.1, 0.15) is 0 Å². The molecule has 55 heavy (non-hydrogen) atoms. The number of esters is 1. The van der Waals surface area contributed by atoms with Crippen LogP contribution in [0.25, 0.3) is 11.1 Å². The number of thiophene rings is 4. The molecule has 2 atom stereocenters. The second-order valence-corrected chi connectivity index (χ2v) is 17.6. The quantitative estimate of drug-likeness (QED) is 0.119. The van der Waals surface area contributed by atoms with Crippen molar-refractivity contribution in [2.75, 3.05) is 45.9 Å². The third-order valence-electron chi connectivity index (χ3n) is 9.99. The molecule has 0 spiro atoms. The molecular formula is C42H57LiN2O6S4. The Hall–Kier alpha value is -2.34. The Kier molecular flexibility index (Phi) is 21.7. The monoisotopic (exact) mass is 820 g/mol. The van der Waals surface area contributed by atoms with E-state index >= 15 is 0 Å². The van der Waals surface area contributed by atoms with Gasteiger partial charge >= 0.3 is 30.8 Å². The molecule has 0 radical (unpaired) electrons. The number of carbonyl (C=O) groups is 2. The van der Waals surface area contributed by atoms with Gasteiger partial charge in [-0.05, 0) is 154 Å². The van der Waals surface area contributed by atoms with E-state index in [1.807, 2.05) is 29.6 Å². The Morgan fingerprint density at radius 3 is 1.40 bits per heavy atom. The zero-order valence-electron chi connectivity index (χ0n) is 33.3. The first-order chi connectivity index (χ1) is 25.2. The normalized spacial score (nSPS) is 17.0. The van der Waals surface area contributed by atoms with Crippen molar-refractivity contribution in [3.05, 3.63) is 99.7 Å². The molecule has 4 aromatic rings. The van der Waals surface area contributed by atoms with Crippen LogP contribution in [-0.4, -0.2) is 83.7 Å². The molecule has 2 saturated heterocycles. The van der Waals surface area contributed by atoms with Gasteiger partial charge in [0.15, 0.2) is 0 Å². The Labute approximate surface area is 355 Å². The number of hydrogen-bond donors (Lipinski definition) is 1. The summed E-state index contributed by atoms with van der Waals surface area (Å²) in [5.41, 5.74) is 8.06. The zero-order valence-corrected chi connectivity index (χ0v) is 36.5. The summed E-state index contributed by atoms with van der Waals surface area (Å²) in [6, 6.07) is 8.76. The van der Waals surface area contributed by atoms with Crippen LogP contribution in [0, 0.1) is 39.5 Å². The van der Waals surface area contributed by atoms with Crippen molar-refractivity contribution in [2.24, 2.45) is 11.8 Å². The minimum atomic E-state index is -0.649. The fourth-order valence-corrected chi connectivity index (χ4v) is 11.2. The van der Waals surface area contributed by atoms with E-state index in [0.29, 0.717) is 13.2 Å². The van der Waals surface area contributed by atoms with Crippen LogP contribution in [0.4, 0.5) is 0 Å². The standard InChI is InChI=1S/C22H29NO2S2.C20H25NO2S2.Li.2H2O/c1-4-25-22(24)18-7-5-11-23(15-18)12-6-8-19(20-16(2)9-13-26-20)21-17(3)10-14-27-21;1-14-7-11-24-18(14)17(19-15(2)8-12-25-19)6-4-10-21-9-3-5-16(13-21)20(22)23;;;/h8-10,13-14,18H,4-7,11-12,15H2,1-3H3;6-8,11-12,16H,3-5,9-10,13H2,1-2H3,(H,22,23);;2*1H2/q;;+1;;/p-1. The predicted molar refractivity (Wildman–Crippen MR) is 228 cm³/mol. The van der Waals surface area contributed by atoms with E-state index < -0.39 is 5.97 Å². The third kappa shape index (κ3) is 13.6. The Balaban J connectivity index is 0.000000361. The fraction of sp³-hybridized carbons (Fsp3) is 0.476. The molecule has 0 saturated carbocycles. The molecule has 2 unspecified atom stereocenters. The molecule has 2 aliphatic heterocycles. The van der Waals surface area contributed by atoms with Crippen LogP contribution in [0.3, 0.4) is 0 Å². The number of likely N-dealkylation sites (tertiary alicyclic amines) is 2. The Morgan fingerprint density at radius 1 is 0.709 bits per heavy atom. The maximum Gasteiger partial charge on any atom is 1.00 e. The van der Waals surface area contributed by atoms with E-state index in [9.17, 15) is 14.7 Å². The number of aryl methyl sites for hydroxylation is 4. The summed E-state index contributed by atoms with van der Waals surface area (Å²) in [7, 11) is 0. The maximum atomic E-state index is 12.1. The summed E-state index contributed by atoms with van der Waals surface area (Å²) < 4.78 is 5.22. The number of ether oxygens (including phenoxy) is 1. The molecule has 0 aliphatic carbocycles. The number of carboxylic acid groups (broad SMARTS) is 1. The number of aliphatic carboxylic acids is 1. The van der Waals surface area contributed by atoms with E-state index in [2.05, 4.69) is 95.4 Å². The Bertz CT molecular complexity index is 1740. The van der Waals surface area contributed by atoms with E-state index in [1.54, 1.807) is 22.7 Å². The van der Waals surface area contributed by atoms with Crippen LogP contribution in [0.15, 0.2) is 57.9 Å². The number of piperidine rings is 2. The second kappa shape index (κ2) is 24.4. The van der Waals surface area contributed by atoms with Crippen LogP contribution in [0.1, 0.15) is 87.2 Å². The summed E-state index contributed by atoms with van der Waals surface area (Å²) >= 11 is 7.25. The van der Waals surface area contributed by atoms with Crippen molar-refractivity contribution in [3.63, 3.8) is 0 Å². The fourth-order valence-electron chi connectivity index (χ4n) is 7.13. The molecular weight excluding hydrogens is 764 g/mol. The predicted octanol–water partition coefficient (Wildman–Crippen LogP) is 6.57. The van der Waals surface area contributed by atoms with Gasteiger partial charge in [-0.15, -0.1) is 45.3 Å². The largest absolute Gasteiger partial charge is 1.00 e. The molecule has 0 bridgehead atoms. The minimum Gasteiger partial charge on any atom is -0.870 e. The molecule has 2 aliphatic rings. The molecule has 4 N–H and O–H groups in total. The van der Waals surface area contributed by atoms with Crippen LogP contribution in [-0.2, 0) is 14.3 Å². The summed E-state index contributed by atoms with van der Waals surface area (Å²) in [6.07, 6.45) is 10.5. The van der Waals surface area contributed by atoms with Gasteiger partial charge in [0, 0.05) is 56.8 Å². The first-order valence-corrected chi connectivity index (χ1v) is 22.1. The summed E-state index contributed by atoms with van der Waals surface area (Å²) in [5.74, 6) is -0.830. The number of hydrogen-bond acceptors (Lipinski definition) is 10. The van der Waals surface area contributed by atoms with Crippen LogP contribution >= 0.6 is 45.3 Å². The van der Waals surface area contributed by atoms with Crippen molar-refractivity contribution < 1.29 is 49.2 Å². The minimum absolute atomic E-state index is 0. The van der Waals surface area contributed by atoms with Crippen LogP contribution in [0.5, 0.6) is 0 Å². The first-order valence-electron chi connectivity index (χ1n) is 18.6. The molecule has 6 rings (SSSR count). The first kappa shape index (κ1) is 48.8. The SMILES string of the molecule is CCOC(=O)C1CCCN(CCC=C(c2sccc2C)c2sccc2C)C1.Cc1ccsc1C(=CCCN1CCCC(C(=O)O)C1)c1sccc1C.O.[Li+].[OH-]. The average Bonchev–Trinajstić information content (AvgIpc) is 3.96. The summed E-state index contributed by atoms with van der Waals surface area (Å²) in [6.45, 7) is 16.6. The topological polar surface area (TPSA) is 132 Å². The molecule has 296 valence electrons. The second-order valence-electron chi connectivity index (χ2n) is 13.9. The number of nitrogens with zero attached hydrogens (tertiary/aromatic N) is 2. The van der Waals surface area contributed by atoms with Gasteiger partial charge in [-0.25, -0.2) is 0 Å². The summed E-state index contributed by atoms with van der Waals surface area (Å²) in [5, 5.41) is 17.9. The molecule has 0 aromatic carbocycles. The molecule has 0 amide bonds. The molecule has 6 heterocycles. The van der Waals surface area contributed by atoms with E-state index in [4.69, 9.17) is 4.74 Å². The molecule has 13 heteroatoms. The van der Waals surface area contributed by atoms with Gasteiger partial charge < -0.3 is 30.6 Å². The van der Waals surface area contributed by atoms with E-state index in [-0.39, 0.29) is 47.6 Å². The van der Waals surface area contributed by atoms with Gasteiger partial charge in [0.2, 0.25) is 0 Å². The van der Waals surface area contributed by atoms with Gasteiger partial charge in [-0.2, -0.15) is 0 Å². The van der Waals surface area contributed by atoms with Crippen molar-refractivity contribution in [1.29, 1.82) is 0 Å². The number of rotatable bonds is 13. The van der Waals surface area contributed by atoms with Gasteiger partial charge in [0.25, 0.3) is 0 Å². The van der Waals surface area contributed by atoms with E-state index in [1.165, 1.54) is 52.9 Å². The zero-order chi connectivity index (χ0) is 37.0. The van der Waals surface area contributed by atoms with Gasteiger partial charge in [-0.3, -0.25) is 9.59 Å². The molecule has 2 fully saturated rings. The van der Waals surface area contributed by atoms with Crippen LogP contribution in [0.2, 0.25) is 0 Å². The molecule has 8 nitrogen and oxygen atoms in total. The van der Waals surface area contributed by atoms with Crippen molar-refractivity contribution in [3.8, 4) is 0 Å².